The molecule has 0 spiro atoms. The van der Waals surface area contributed by atoms with Crippen LogP contribution in [0.3, 0.4) is 0 Å². The summed E-state index contributed by atoms with van der Waals surface area (Å²) in [6.07, 6.45) is 15.5. The third-order valence-electron chi connectivity index (χ3n) is 3.70. The molecule has 0 amide bonds. The maximum atomic E-state index is 5.74. The quantitative estimate of drug-likeness (QED) is 0.276. The third-order valence-corrected chi connectivity index (χ3v) is 5.10. The Kier molecular flexibility index (Phi) is 18.2. The molecule has 21 heavy (non-hydrogen) atoms. The van der Waals surface area contributed by atoms with Crippen LogP contribution in [0.2, 0.25) is 0 Å². The minimum atomic E-state index is -1.84. The Labute approximate surface area is 134 Å². The van der Waals surface area contributed by atoms with Crippen LogP contribution in [-0.4, -0.2) is 29.9 Å². The molecule has 0 aromatic carbocycles. The van der Waals surface area contributed by atoms with E-state index in [9.17, 15) is 0 Å². The zero-order valence-electron chi connectivity index (χ0n) is 14.7. The predicted octanol–water partition coefficient (Wildman–Crippen LogP) is 5.10. The molecular formula is C17H38O3Si. The zero-order chi connectivity index (χ0) is 15.6. The van der Waals surface area contributed by atoms with Crippen LogP contribution in [0.25, 0.3) is 0 Å². The van der Waals surface area contributed by atoms with Gasteiger partial charge in [-0.1, -0.05) is 78.1 Å². The minimum absolute atomic E-state index is 0.799. The molecule has 0 aliphatic heterocycles. The number of rotatable bonds is 17. The van der Waals surface area contributed by atoms with Gasteiger partial charge in [0.25, 0.3) is 0 Å². The van der Waals surface area contributed by atoms with Crippen molar-refractivity contribution >= 4 is 9.53 Å². The van der Waals surface area contributed by atoms with E-state index < -0.39 is 9.53 Å². The first kappa shape index (κ1) is 21.1. The summed E-state index contributed by atoms with van der Waals surface area (Å²) in [4.78, 5) is 0. The van der Waals surface area contributed by atoms with Crippen molar-refractivity contribution in [3.63, 3.8) is 0 Å². The first-order valence-electron chi connectivity index (χ1n) is 9.11. The highest BCUT2D eigenvalue weighted by molar-refractivity contribution is 6.36. The van der Waals surface area contributed by atoms with E-state index in [0.29, 0.717) is 0 Å². The van der Waals surface area contributed by atoms with Crippen LogP contribution >= 0.6 is 0 Å². The second-order valence-electron chi connectivity index (χ2n) is 5.80. The van der Waals surface area contributed by atoms with Gasteiger partial charge in [-0.15, -0.1) is 0 Å². The lowest BCUT2D eigenvalue weighted by Gasteiger charge is -2.14. The molecule has 4 heteroatoms. The summed E-state index contributed by atoms with van der Waals surface area (Å²) < 4.78 is 16.8. The van der Waals surface area contributed by atoms with E-state index in [-0.39, 0.29) is 0 Å². The highest BCUT2D eigenvalue weighted by Gasteiger charge is 2.12. The van der Waals surface area contributed by atoms with Gasteiger partial charge in [0.05, 0.1) is 0 Å². The van der Waals surface area contributed by atoms with E-state index in [1.807, 2.05) is 0 Å². The van der Waals surface area contributed by atoms with Gasteiger partial charge in [0.1, 0.15) is 0 Å². The average molecular weight is 319 g/mol. The predicted molar refractivity (Wildman–Crippen MR) is 92.8 cm³/mol. The Morgan fingerprint density at radius 2 is 0.952 bits per heavy atom. The average Bonchev–Trinajstić information content (AvgIpc) is 2.51. The number of hydrogen-bond donors (Lipinski definition) is 0. The fourth-order valence-corrected chi connectivity index (χ4v) is 3.39. The van der Waals surface area contributed by atoms with Crippen molar-refractivity contribution in [3.05, 3.63) is 0 Å². The maximum Gasteiger partial charge on any atom is 0.483 e. The van der Waals surface area contributed by atoms with E-state index in [1.54, 1.807) is 7.11 Å². The smallest absolute Gasteiger partial charge is 0.379 e. The van der Waals surface area contributed by atoms with E-state index >= 15 is 0 Å². The summed E-state index contributed by atoms with van der Waals surface area (Å²) in [5.74, 6) is 0. The van der Waals surface area contributed by atoms with Crippen LogP contribution in [0.1, 0.15) is 90.9 Å². The van der Waals surface area contributed by atoms with Gasteiger partial charge in [-0.3, -0.25) is 0 Å². The topological polar surface area (TPSA) is 27.7 Å². The molecule has 0 unspecified atom stereocenters. The van der Waals surface area contributed by atoms with Gasteiger partial charge in [-0.25, -0.2) is 0 Å². The molecule has 0 aliphatic rings. The van der Waals surface area contributed by atoms with Gasteiger partial charge in [0, 0.05) is 20.3 Å². The van der Waals surface area contributed by atoms with Gasteiger partial charge in [-0.05, 0) is 12.8 Å². The van der Waals surface area contributed by atoms with Crippen molar-refractivity contribution in [2.45, 2.75) is 90.9 Å². The van der Waals surface area contributed by atoms with Crippen LogP contribution in [0, 0.1) is 0 Å². The van der Waals surface area contributed by atoms with Gasteiger partial charge in [0.2, 0.25) is 0 Å². The lowest BCUT2D eigenvalue weighted by Crippen LogP contribution is -2.26. The maximum absolute atomic E-state index is 5.74. The van der Waals surface area contributed by atoms with Gasteiger partial charge >= 0.3 is 9.53 Å². The third kappa shape index (κ3) is 16.3. The first-order valence-corrected chi connectivity index (χ1v) is 10.5. The summed E-state index contributed by atoms with van der Waals surface area (Å²) in [5, 5.41) is 0. The van der Waals surface area contributed by atoms with E-state index in [2.05, 4.69) is 13.8 Å². The van der Waals surface area contributed by atoms with Crippen LogP contribution in [-0.2, 0) is 13.3 Å². The number of unbranched alkanes of at least 4 members (excludes halogenated alkanes) is 10. The van der Waals surface area contributed by atoms with Crippen LogP contribution < -0.4 is 0 Å². The molecule has 0 N–H and O–H groups in total. The molecule has 0 atom stereocenters. The standard InChI is InChI=1S/C17H38O3Si/c1-4-6-8-10-12-14-16-19-21(18-3)20-17-15-13-11-9-7-5-2/h21H,4-17H2,1-3H3. The monoisotopic (exact) mass is 318 g/mol. The summed E-state index contributed by atoms with van der Waals surface area (Å²) in [6.45, 7) is 6.10. The highest BCUT2D eigenvalue weighted by Crippen LogP contribution is 2.07. The summed E-state index contributed by atoms with van der Waals surface area (Å²) in [5.41, 5.74) is 0. The molecule has 0 aliphatic carbocycles. The van der Waals surface area contributed by atoms with Crippen LogP contribution in [0.4, 0.5) is 0 Å². The van der Waals surface area contributed by atoms with Crippen molar-refractivity contribution in [2.24, 2.45) is 0 Å². The second kappa shape index (κ2) is 18.1. The molecule has 0 rings (SSSR count). The van der Waals surface area contributed by atoms with E-state index in [1.165, 1.54) is 64.2 Å². The molecule has 0 bridgehead atoms. The van der Waals surface area contributed by atoms with E-state index in [4.69, 9.17) is 13.3 Å². The minimum Gasteiger partial charge on any atom is -0.379 e. The fourth-order valence-electron chi connectivity index (χ4n) is 2.31. The Bertz CT molecular complexity index is 173. The fraction of sp³-hybridized carbons (Fsp3) is 1.00. The molecule has 3 nitrogen and oxygen atoms in total. The molecule has 0 aromatic heterocycles. The largest absolute Gasteiger partial charge is 0.483 e. The Balaban J connectivity index is 3.29. The van der Waals surface area contributed by atoms with Crippen molar-refractivity contribution in [2.75, 3.05) is 20.3 Å². The van der Waals surface area contributed by atoms with Crippen molar-refractivity contribution in [3.8, 4) is 0 Å². The van der Waals surface area contributed by atoms with Crippen molar-refractivity contribution in [1.29, 1.82) is 0 Å². The summed E-state index contributed by atoms with van der Waals surface area (Å²) >= 11 is 0. The molecule has 128 valence electrons. The molecule has 0 heterocycles. The molecule has 0 saturated heterocycles. The second-order valence-corrected chi connectivity index (χ2v) is 7.52. The zero-order valence-corrected chi connectivity index (χ0v) is 15.9. The molecule has 0 fully saturated rings. The summed E-state index contributed by atoms with van der Waals surface area (Å²) in [6, 6.07) is 0. The highest BCUT2D eigenvalue weighted by atomic mass is 28.3. The molecular weight excluding hydrogens is 280 g/mol. The normalized spacial score (nSPS) is 11.4. The van der Waals surface area contributed by atoms with Gasteiger partial charge in [0.15, 0.2) is 0 Å². The SMILES string of the molecule is CCCCCCCCO[SiH](OC)OCCCCCCCC. The van der Waals surface area contributed by atoms with Gasteiger partial charge < -0.3 is 13.3 Å². The first-order chi connectivity index (χ1) is 10.3. The Hall–Kier alpha value is 0.0969. The molecule has 0 aromatic rings. The Morgan fingerprint density at radius 1 is 0.571 bits per heavy atom. The van der Waals surface area contributed by atoms with Crippen molar-refractivity contribution in [1.82, 2.24) is 0 Å². The van der Waals surface area contributed by atoms with Crippen molar-refractivity contribution < 1.29 is 13.3 Å². The Morgan fingerprint density at radius 3 is 1.33 bits per heavy atom. The molecule has 0 radical (unpaired) electrons. The van der Waals surface area contributed by atoms with Crippen LogP contribution in [0.5, 0.6) is 0 Å². The van der Waals surface area contributed by atoms with Crippen LogP contribution in [0.15, 0.2) is 0 Å². The lowest BCUT2D eigenvalue weighted by atomic mass is 10.1. The summed E-state index contributed by atoms with van der Waals surface area (Å²) in [7, 11) is -0.135. The van der Waals surface area contributed by atoms with Gasteiger partial charge in [-0.2, -0.15) is 0 Å². The molecule has 0 saturated carbocycles. The number of hydrogen-bond acceptors (Lipinski definition) is 3. The lowest BCUT2D eigenvalue weighted by molar-refractivity contribution is 0.109. The van der Waals surface area contributed by atoms with E-state index in [0.717, 1.165) is 26.1 Å².